The molecule has 8 heteroatoms. The van der Waals surface area contributed by atoms with Crippen LogP contribution < -0.4 is 16.2 Å². The lowest BCUT2D eigenvalue weighted by molar-refractivity contribution is 0.0948. The molecule has 0 radical (unpaired) electrons. The molecular formula is C17H25N7O. The van der Waals surface area contributed by atoms with E-state index in [4.69, 9.17) is 5.84 Å². The van der Waals surface area contributed by atoms with Gasteiger partial charge in [0.1, 0.15) is 0 Å². The number of carbonyl (C=O) groups excluding carboxylic acids is 1. The first-order valence-electron chi connectivity index (χ1n) is 8.54. The second-order valence-electron chi connectivity index (χ2n) is 6.46. The molecule has 2 heterocycles. The van der Waals surface area contributed by atoms with Gasteiger partial charge < -0.3 is 4.90 Å². The van der Waals surface area contributed by atoms with Crippen LogP contribution >= 0.6 is 0 Å². The second-order valence-corrected chi connectivity index (χ2v) is 6.46. The molecule has 2 aromatic rings. The molecule has 1 aliphatic heterocycles. The summed E-state index contributed by atoms with van der Waals surface area (Å²) in [6, 6.07) is 8.83. The molecule has 134 valence electrons. The topological polar surface area (TPSA) is 92.3 Å². The maximum atomic E-state index is 11.4. The number of amides is 1. The molecule has 25 heavy (non-hydrogen) atoms. The van der Waals surface area contributed by atoms with Gasteiger partial charge in [0.2, 0.25) is 0 Å². The van der Waals surface area contributed by atoms with Crippen LogP contribution in [0.4, 0.5) is 5.69 Å². The molecule has 1 fully saturated rings. The normalized spacial score (nSPS) is 16.7. The first-order chi connectivity index (χ1) is 12.1. The minimum Gasteiger partial charge on any atom is -0.369 e. The molecule has 3 N–H and O–H groups in total. The maximum absolute atomic E-state index is 11.4. The standard InChI is InChI=1S/C17H25N7O/c1-13-5-3-4-6-16(13)23-9-7-22(8-10-23)14(2)11-24-12-15(20-21-24)17(25)19-18/h3-6,12,14H,7-11,18H2,1-2H3,(H,19,25)/t14-/m1/s1. The summed E-state index contributed by atoms with van der Waals surface area (Å²) in [7, 11) is 0. The Morgan fingerprint density at radius 3 is 2.68 bits per heavy atom. The van der Waals surface area contributed by atoms with Crippen LogP contribution in [-0.4, -0.2) is 58.0 Å². The maximum Gasteiger partial charge on any atom is 0.287 e. The summed E-state index contributed by atoms with van der Waals surface area (Å²) in [6.45, 7) is 9.04. The third-order valence-corrected chi connectivity index (χ3v) is 4.75. The molecular weight excluding hydrogens is 318 g/mol. The van der Waals surface area contributed by atoms with Crippen LogP contribution in [0.3, 0.4) is 0 Å². The number of hydrogen-bond donors (Lipinski definition) is 2. The predicted octanol–water partition coefficient (Wildman–Crippen LogP) is 0.401. The highest BCUT2D eigenvalue weighted by Crippen LogP contribution is 2.21. The fourth-order valence-electron chi connectivity index (χ4n) is 3.27. The number of piperazine rings is 1. The fourth-order valence-corrected chi connectivity index (χ4v) is 3.27. The largest absolute Gasteiger partial charge is 0.369 e. The third kappa shape index (κ3) is 3.97. The average molecular weight is 343 g/mol. The average Bonchev–Trinajstić information content (AvgIpc) is 3.10. The monoisotopic (exact) mass is 343 g/mol. The number of aryl methyl sites for hydroxylation is 1. The van der Waals surface area contributed by atoms with Crippen molar-refractivity contribution in [3.8, 4) is 0 Å². The number of carbonyl (C=O) groups is 1. The van der Waals surface area contributed by atoms with Gasteiger partial charge in [-0.2, -0.15) is 0 Å². The molecule has 0 unspecified atom stereocenters. The Bertz CT molecular complexity index is 721. The quantitative estimate of drug-likeness (QED) is 0.464. The van der Waals surface area contributed by atoms with Gasteiger partial charge in [-0.1, -0.05) is 23.4 Å². The zero-order valence-electron chi connectivity index (χ0n) is 14.7. The molecule has 0 bridgehead atoms. The molecule has 8 nitrogen and oxygen atoms in total. The number of nitrogens with zero attached hydrogens (tertiary/aromatic N) is 5. The van der Waals surface area contributed by atoms with Gasteiger partial charge in [-0.15, -0.1) is 5.10 Å². The van der Waals surface area contributed by atoms with Crippen molar-refractivity contribution in [3.63, 3.8) is 0 Å². The summed E-state index contributed by atoms with van der Waals surface area (Å²) in [6.07, 6.45) is 1.63. The van der Waals surface area contributed by atoms with Crippen LogP contribution in [0.25, 0.3) is 0 Å². The van der Waals surface area contributed by atoms with Crippen molar-refractivity contribution in [2.45, 2.75) is 26.4 Å². The number of hydrogen-bond acceptors (Lipinski definition) is 6. The summed E-state index contributed by atoms with van der Waals surface area (Å²) in [5, 5.41) is 7.85. The van der Waals surface area contributed by atoms with Crippen molar-refractivity contribution in [2.24, 2.45) is 5.84 Å². The molecule has 1 aromatic heterocycles. The van der Waals surface area contributed by atoms with Crippen molar-refractivity contribution < 1.29 is 4.79 Å². The van der Waals surface area contributed by atoms with Crippen molar-refractivity contribution >= 4 is 11.6 Å². The number of anilines is 1. The Labute approximate surface area is 147 Å². The lowest BCUT2D eigenvalue weighted by Gasteiger charge is -2.39. The van der Waals surface area contributed by atoms with Crippen molar-refractivity contribution in [1.82, 2.24) is 25.3 Å². The Hall–Kier alpha value is -2.45. The van der Waals surface area contributed by atoms with E-state index in [2.05, 4.69) is 63.7 Å². The first-order valence-corrected chi connectivity index (χ1v) is 8.54. The fraction of sp³-hybridized carbons (Fsp3) is 0.471. The summed E-state index contributed by atoms with van der Waals surface area (Å²) in [4.78, 5) is 16.3. The van der Waals surface area contributed by atoms with E-state index in [-0.39, 0.29) is 5.69 Å². The number of nitrogen functional groups attached to an aromatic ring is 1. The molecule has 1 saturated heterocycles. The van der Waals surface area contributed by atoms with E-state index in [0.29, 0.717) is 12.6 Å². The predicted molar refractivity (Wildman–Crippen MR) is 96.1 cm³/mol. The van der Waals surface area contributed by atoms with Gasteiger partial charge in [-0.3, -0.25) is 19.8 Å². The Morgan fingerprint density at radius 2 is 2.00 bits per heavy atom. The van der Waals surface area contributed by atoms with E-state index in [9.17, 15) is 4.79 Å². The molecule has 0 saturated carbocycles. The zero-order chi connectivity index (χ0) is 17.8. The number of hydrazine groups is 1. The smallest absolute Gasteiger partial charge is 0.287 e. The van der Waals surface area contributed by atoms with Crippen LogP contribution in [0.1, 0.15) is 23.0 Å². The van der Waals surface area contributed by atoms with Gasteiger partial charge in [0.15, 0.2) is 5.69 Å². The highest BCUT2D eigenvalue weighted by molar-refractivity contribution is 5.91. The lowest BCUT2D eigenvalue weighted by Crippen LogP contribution is -2.50. The van der Waals surface area contributed by atoms with Gasteiger partial charge in [-0.25, -0.2) is 5.84 Å². The van der Waals surface area contributed by atoms with E-state index >= 15 is 0 Å². The number of nitrogens with one attached hydrogen (secondary N) is 1. The molecule has 1 aliphatic rings. The van der Waals surface area contributed by atoms with E-state index in [1.54, 1.807) is 10.9 Å². The second kappa shape index (κ2) is 7.62. The van der Waals surface area contributed by atoms with Gasteiger partial charge >= 0.3 is 0 Å². The third-order valence-electron chi connectivity index (χ3n) is 4.75. The molecule has 1 amide bonds. The van der Waals surface area contributed by atoms with Crippen molar-refractivity contribution in [2.75, 3.05) is 31.1 Å². The number of benzene rings is 1. The summed E-state index contributed by atoms with van der Waals surface area (Å²) < 4.78 is 1.70. The Balaban J connectivity index is 1.55. The number of aromatic nitrogens is 3. The van der Waals surface area contributed by atoms with E-state index in [0.717, 1.165) is 26.2 Å². The molecule has 0 aliphatic carbocycles. The van der Waals surface area contributed by atoms with Gasteiger partial charge in [-0.05, 0) is 25.5 Å². The number of para-hydroxylation sites is 1. The van der Waals surface area contributed by atoms with Gasteiger partial charge in [0, 0.05) is 37.9 Å². The summed E-state index contributed by atoms with van der Waals surface area (Å²) in [5.74, 6) is 4.69. The Kier molecular flexibility index (Phi) is 5.30. The molecule has 0 spiro atoms. The van der Waals surface area contributed by atoms with Crippen LogP contribution in [-0.2, 0) is 6.54 Å². The highest BCUT2D eigenvalue weighted by atomic mass is 16.2. The van der Waals surface area contributed by atoms with Crippen molar-refractivity contribution in [1.29, 1.82) is 0 Å². The van der Waals surface area contributed by atoms with E-state index < -0.39 is 5.91 Å². The van der Waals surface area contributed by atoms with Gasteiger partial charge in [0.05, 0.1) is 12.7 Å². The first kappa shape index (κ1) is 17.4. The van der Waals surface area contributed by atoms with Crippen LogP contribution in [0.5, 0.6) is 0 Å². The van der Waals surface area contributed by atoms with Crippen LogP contribution in [0.15, 0.2) is 30.5 Å². The van der Waals surface area contributed by atoms with Crippen molar-refractivity contribution in [3.05, 3.63) is 41.7 Å². The SMILES string of the molecule is Cc1ccccc1N1CCN([C@H](C)Cn2cc(C(=O)NN)nn2)CC1. The number of rotatable bonds is 5. The van der Waals surface area contributed by atoms with Gasteiger partial charge in [0.25, 0.3) is 5.91 Å². The Morgan fingerprint density at radius 1 is 1.28 bits per heavy atom. The van der Waals surface area contributed by atoms with Crippen LogP contribution in [0.2, 0.25) is 0 Å². The van der Waals surface area contributed by atoms with E-state index in [1.165, 1.54) is 11.3 Å². The number of nitrogens with two attached hydrogens (primary N) is 1. The lowest BCUT2D eigenvalue weighted by atomic mass is 10.1. The van der Waals surface area contributed by atoms with E-state index in [1.807, 2.05) is 0 Å². The van der Waals surface area contributed by atoms with Crippen LogP contribution in [0, 0.1) is 6.92 Å². The minimum atomic E-state index is -0.425. The molecule has 3 rings (SSSR count). The molecule has 1 atom stereocenters. The summed E-state index contributed by atoms with van der Waals surface area (Å²) >= 11 is 0. The minimum absolute atomic E-state index is 0.235. The highest BCUT2D eigenvalue weighted by Gasteiger charge is 2.22. The zero-order valence-corrected chi connectivity index (χ0v) is 14.7. The molecule has 1 aromatic carbocycles. The summed E-state index contributed by atoms with van der Waals surface area (Å²) in [5.41, 5.74) is 4.94.